The maximum absolute atomic E-state index is 3.79. The van der Waals surface area contributed by atoms with Crippen LogP contribution in [0.15, 0.2) is 30.3 Å². The molecule has 0 saturated carbocycles. The first-order chi connectivity index (χ1) is 9.34. The SMILES string of the molecule is CN1[C@H](Cc2ccccc2)C[C@@H]2NCCCCC[C@H]21. The molecule has 1 N–H and O–H groups in total. The van der Waals surface area contributed by atoms with Gasteiger partial charge in [-0.3, -0.25) is 4.90 Å². The molecule has 0 spiro atoms. The van der Waals surface area contributed by atoms with Crippen molar-refractivity contribution in [1.29, 1.82) is 0 Å². The van der Waals surface area contributed by atoms with Crippen LogP contribution in [0, 0.1) is 0 Å². The molecule has 0 radical (unpaired) electrons. The van der Waals surface area contributed by atoms with Crippen molar-refractivity contribution < 1.29 is 0 Å². The Balaban J connectivity index is 1.67. The van der Waals surface area contributed by atoms with Gasteiger partial charge in [-0.05, 0) is 44.8 Å². The third kappa shape index (κ3) is 3.01. The van der Waals surface area contributed by atoms with Crippen LogP contribution >= 0.6 is 0 Å². The third-order valence-corrected chi connectivity index (χ3v) is 4.99. The molecular weight excluding hydrogens is 232 g/mol. The first-order valence-corrected chi connectivity index (χ1v) is 7.84. The van der Waals surface area contributed by atoms with Gasteiger partial charge in [0.15, 0.2) is 0 Å². The van der Waals surface area contributed by atoms with Crippen LogP contribution in [0.3, 0.4) is 0 Å². The zero-order valence-electron chi connectivity index (χ0n) is 12.0. The number of hydrogen-bond donors (Lipinski definition) is 1. The molecule has 2 fully saturated rings. The molecule has 1 aromatic carbocycles. The van der Waals surface area contributed by atoms with Crippen molar-refractivity contribution in [2.75, 3.05) is 13.6 Å². The van der Waals surface area contributed by atoms with Crippen molar-refractivity contribution >= 4 is 0 Å². The van der Waals surface area contributed by atoms with E-state index in [1.807, 2.05) is 0 Å². The molecule has 0 bridgehead atoms. The minimum absolute atomic E-state index is 0.711. The maximum Gasteiger partial charge on any atom is 0.0249 e. The van der Waals surface area contributed by atoms with Crippen molar-refractivity contribution in [3.63, 3.8) is 0 Å². The van der Waals surface area contributed by atoms with Gasteiger partial charge in [-0.1, -0.05) is 43.2 Å². The van der Waals surface area contributed by atoms with Crippen LogP contribution in [-0.4, -0.2) is 36.6 Å². The second-order valence-corrected chi connectivity index (χ2v) is 6.22. The lowest BCUT2D eigenvalue weighted by atomic mass is 9.98. The highest BCUT2D eigenvalue weighted by atomic mass is 15.2. The fourth-order valence-corrected chi connectivity index (χ4v) is 3.85. The largest absolute Gasteiger partial charge is 0.312 e. The molecule has 1 aromatic rings. The van der Waals surface area contributed by atoms with Crippen LogP contribution < -0.4 is 5.32 Å². The molecule has 2 aliphatic rings. The Morgan fingerprint density at radius 1 is 1.16 bits per heavy atom. The van der Waals surface area contributed by atoms with Gasteiger partial charge in [0.25, 0.3) is 0 Å². The maximum atomic E-state index is 3.79. The lowest BCUT2D eigenvalue weighted by Gasteiger charge is -2.29. The van der Waals surface area contributed by atoms with Crippen molar-refractivity contribution in [3.05, 3.63) is 35.9 Å². The monoisotopic (exact) mass is 258 g/mol. The van der Waals surface area contributed by atoms with E-state index in [0.29, 0.717) is 6.04 Å². The van der Waals surface area contributed by atoms with Crippen LogP contribution in [0.1, 0.15) is 37.7 Å². The molecule has 2 nitrogen and oxygen atoms in total. The molecule has 2 aliphatic heterocycles. The Kier molecular flexibility index (Phi) is 4.19. The topological polar surface area (TPSA) is 15.3 Å². The van der Waals surface area contributed by atoms with Crippen molar-refractivity contribution in [2.45, 2.75) is 56.7 Å². The van der Waals surface area contributed by atoms with Crippen molar-refractivity contribution in [1.82, 2.24) is 10.2 Å². The minimum Gasteiger partial charge on any atom is -0.312 e. The van der Waals surface area contributed by atoms with Crippen molar-refractivity contribution in [2.24, 2.45) is 0 Å². The van der Waals surface area contributed by atoms with E-state index in [9.17, 15) is 0 Å². The van der Waals surface area contributed by atoms with Gasteiger partial charge in [0.1, 0.15) is 0 Å². The Hall–Kier alpha value is -0.860. The normalized spacial score (nSPS) is 32.6. The molecule has 3 rings (SSSR count). The molecule has 0 aromatic heterocycles. The van der Waals surface area contributed by atoms with E-state index in [4.69, 9.17) is 0 Å². The highest BCUT2D eigenvalue weighted by Gasteiger charge is 2.38. The van der Waals surface area contributed by atoms with Crippen LogP contribution in [0.25, 0.3) is 0 Å². The van der Waals surface area contributed by atoms with E-state index in [1.165, 1.54) is 50.6 Å². The standard InChI is InChI=1S/C17H26N2/c1-19-15(12-14-8-4-2-5-9-14)13-16-17(19)10-6-3-7-11-18-16/h2,4-5,8-9,15-18H,3,6-7,10-13H2,1H3/t15-,16+,17-/m1/s1. The molecule has 2 heteroatoms. The molecule has 3 atom stereocenters. The highest BCUT2D eigenvalue weighted by molar-refractivity contribution is 5.17. The Bertz CT molecular complexity index is 390. The molecule has 104 valence electrons. The smallest absolute Gasteiger partial charge is 0.0249 e. The molecular formula is C17H26N2. The van der Waals surface area contributed by atoms with Gasteiger partial charge in [0.2, 0.25) is 0 Å². The van der Waals surface area contributed by atoms with Gasteiger partial charge in [0, 0.05) is 18.1 Å². The fourth-order valence-electron chi connectivity index (χ4n) is 3.85. The summed E-state index contributed by atoms with van der Waals surface area (Å²) < 4.78 is 0. The molecule has 0 aliphatic carbocycles. The highest BCUT2D eigenvalue weighted by Crippen LogP contribution is 2.29. The minimum atomic E-state index is 0.711. The summed E-state index contributed by atoms with van der Waals surface area (Å²) in [5, 5.41) is 3.79. The first-order valence-electron chi connectivity index (χ1n) is 7.84. The summed E-state index contributed by atoms with van der Waals surface area (Å²) in [7, 11) is 2.33. The van der Waals surface area contributed by atoms with Gasteiger partial charge >= 0.3 is 0 Å². The number of fused-ring (bicyclic) bond motifs is 1. The average molecular weight is 258 g/mol. The van der Waals surface area contributed by atoms with Gasteiger partial charge in [-0.25, -0.2) is 0 Å². The predicted octanol–water partition coefficient (Wildman–Crippen LogP) is 2.83. The van der Waals surface area contributed by atoms with E-state index in [2.05, 4.69) is 47.6 Å². The number of nitrogens with zero attached hydrogens (tertiary/aromatic N) is 1. The molecule has 0 amide bonds. The summed E-state index contributed by atoms with van der Waals surface area (Å²) in [5.74, 6) is 0. The van der Waals surface area contributed by atoms with E-state index in [1.54, 1.807) is 0 Å². The van der Waals surface area contributed by atoms with Gasteiger partial charge < -0.3 is 5.32 Å². The van der Waals surface area contributed by atoms with E-state index in [-0.39, 0.29) is 0 Å². The van der Waals surface area contributed by atoms with Crippen molar-refractivity contribution in [3.8, 4) is 0 Å². The third-order valence-electron chi connectivity index (χ3n) is 4.99. The first kappa shape index (κ1) is 13.1. The molecule has 2 saturated heterocycles. The van der Waals surface area contributed by atoms with E-state index < -0.39 is 0 Å². The van der Waals surface area contributed by atoms with Gasteiger partial charge in [-0.2, -0.15) is 0 Å². The molecule has 19 heavy (non-hydrogen) atoms. The fraction of sp³-hybridized carbons (Fsp3) is 0.647. The Morgan fingerprint density at radius 3 is 2.84 bits per heavy atom. The lowest BCUT2D eigenvalue weighted by molar-refractivity contribution is 0.209. The number of likely N-dealkylation sites (N-methyl/N-ethyl adjacent to an activating group) is 1. The summed E-state index contributed by atoms with van der Waals surface area (Å²) in [4.78, 5) is 2.65. The summed E-state index contributed by atoms with van der Waals surface area (Å²) in [6, 6.07) is 13.1. The van der Waals surface area contributed by atoms with Gasteiger partial charge in [-0.15, -0.1) is 0 Å². The molecule has 2 heterocycles. The quantitative estimate of drug-likeness (QED) is 0.877. The average Bonchev–Trinajstić information content (AvgIpc) is 2.67. The summed E-state index contributed by atoms with van der Waals surface area (Å²) in [6.07, 6.45) is 8.05. The number of benzene rings is 1. The number of nitrogens with one attached hydrogen (secondary N) is 1. The Morgan fingerprint density at radius 2 is 2.00 bits per heavy atom. The zero-order chi connectivity index (χ0) is 13.1. The number of rotatable bonds is 2. The second kappa shape index (κ2) is 6.06. The van der Waals surface area contributed by atoms with E-state index >= 15 is 0 Å². The summed E-state index contributed by atoms with van der Waals surface area (Å²) >= 11 is 0. The summed E-state index contributed by atoms with van der Waals surface area (Å²) in [6.45, 7) is 1.22. The van der Waals surface area contributed by atoms with Crippen LogP contribution in [-0.2, 0) is 6.42 Å². The lowest BCUT2D eigenvalue weighted by Crippen LogP contribution is -2.43. The van der Waals surface area contributed by atoms with Crippen LogP contribution in [0.4, 0.5) is 0 Å². The van der Waals surface area contributed by atoms with Crippen LogP contribution in [0.2, 0.25) is 0 Å². The number of hydrogen-bond acceptors (Lipinski definition) is 2. The van der Waals surface area contributed by atoms with Gasteiger partial charge in [0.05, 0.1) is 0 Å². The summed E-state index contributed by atoms with van der Waals surface area (Å²) in [5.41, 5.74) is 1.48. The van der Waals surface area contributed by atoms with Crippen LogP contribution in [0.5, 0.6) is 0 Å². The second-order valence-electron chi connectivity index (χ2n) is 6.22. The predicted molar refractivity (Wildman–Crippen MR) is 80.4 cm³/mol. The number of likely N-dealkylation sites (tertiary alicyclic amines) is 1. The Labute approximate surface area is 117 Å². The zero-order valence-corrected chi connectivity index (χ0v) is 12.0. The molecule has 0 unspecified atom stereocenters. The van der Waals surface area contributed by atoms with E-state index in [0.717, 1.165) is 12.1 Å².